The Morgan fingerprint density at radius 1 is 0.875 bits per heavy atom. The highest BCUT2D eigenvalue weighted by molar-refractivity contribution is 6.04. The molecule has 2 rings (SSSR count). The summed E-state index contributed by atoms with van der Waals surface area (Å²) < 4.78 is 15.9. The minimum Gasteiger partial charge on any atom is -0.494 e. The zero-order chi connectivity index (χ0) is 17.2. The van der Waals surface area contributed by atoms with Crippen LogP contribution in [0.4, 0.5) is 5.69 Å². The number of hydrogen-bond acceptors (Lipinski definition) is 4. The highest BCUT2D eigenvalue weighted by atomic mass is 16.5. The average Bonchev–Trinajstić information content (AvgIpc) is 2.62. The molecule has 0 heterocycles. The minimum absolute atomic E-state index is 0.162. The molecule has 0 radical (unpaired) electrons. The van der Waals surface area contributed by atoms with Gasteiger partial charge in [0, 0.05) is 18.4 Å². The van der Waals surface area contributed by atoms with Crippen molar-refractivity contribution in [3.8, 4) is 11.5 Å². The fourth-order valence-corrected chi connectivity index (χ4v) is 2.00. The molecule has 5 heteroatoms. The molecule has 0 bridgehead atoms. The van der Waals surface area contributed by atoms with Gasteiger partial charge < -0.3 is 19.5 Å². The van der Waals surface area contributed by atoms with Crippen molar-refractivity contribution in [1.82, 2.24) is 0 Å². The lowest BCUT2D eigenvalue weighted by molar-refractivity contribution is 0.102. The van der Waals surface area contributed by atoms with Gasteiger partial charge in [-0.2, -0.15) is 0 Å². The Kier molecular flexibility index (Phi) is 7.11. The lowest BCUT2D eigenvalue weighted by Gasteiger charge is -2.09. The summed E-state index contributed by atoms with van der Waals surface area (Å²) in [4.78, 5) is 12.2. The van der Waals surface area contributed by atoms with Crippen LogP contribution in [0, 0.1) is 0 Å². The van der Waals surface area contributed by atoms with Crippen LogP contribution in [0.2, 0.25) is 0 Å². The predicted octanol–water partition coefficient (Wildman–Crippen LogP) is 3.75. The number of rotatable bonds is 9. The lowest BCUT2D eigenvalue weighted by Crippen LogP contribution is -2.11. The molecule has 24 heavy (non-hydrogen) atoms. The summed E-state index contributed by atoms with van der Waals surface area (Å²) in [6.07, 6.45) is 0.952. The molecule has 0 saturated heterocycles. The van der Waals surface area contributed by atoms with Crippen LogP contribution in [-0.4, -0.2) is 32.8 Å². The van der Waals surface area contributed by atoms with E-state index in [0.717, 1.165) is 17.9 Å². The molecule has 0 unspecified atom stereocenters. The van der Waals surface area contributed by atoms with E-state index in [1.54, 1.807) is 43.5 Å². The van der Waals surface area contributed by atoms with Gasteiger partial charge in [-0.3, -0.25) is 4.79 Å². The Labute approximate surface area is 142 Å². The van der Waals surface area contributed by atoms with Crippen LogP contribution in [0.15, 0.2) is 48.5 Å². The van der Waals surface area contributed by atoms with E-state index < -0.39 is 0 Å². The standard InChI is InChI=1S/C19H23NO4/c1-3-12-23-17-8-4-15(5-9-17)19(21)20-16-6-10-18(11-7-16)24-14-13-22-2/h4-11H,3,12-14H2,1-2H3,(H,20,21). The molecule has 0 aliphatic rings. The Morgan fingerprint density at radius 3 is 2.04 bits per heavy atom. The zero-order valence-corrected chi connectivity index (χ0v) is 14.1. The third-order valence-electron chi connectivity index (χ3n) is 3.26. The van der Waals surface area contributed by atoms with Crippen molar-refractivity contribution in [3.63, 3.8) is 0 Å². The molecular formula is C19H23NO4. The summed E-state index contributed by atoms with van der Waals surface area (Å²) >= 11 is 0. The van der Waals surface area contributed by atoms with E-state index in [0.29, 0.717) is 31.1 Å². The molecule has 5 nitrogen and oxygen atoms in total. The first-order valence-corrected chi connectivity index (χ1v) is 7.99. The van der Waals surface area contributed by atoms with E-state index in [1.165, 1.54) is 0 Å². The molecule has 0 aliphatic heterocycles. The second-order valence-corrected chi connectivity index (χ2v) is 5.19. The van der Waals surface area contributed by atoms with Crippen molar-refractivity contribution in [3.05, 3.63) is 54.1 Å². The van der Waals surface area contributed by atoms with Crippen molar-refractivity contribution >= 4 is 11.6 Å². The molecule has 2 aromatic rings. The van der Waals surface area contributed by atoms with E-state index >= 15 is 0 Å². The van der Waals surface area contributed by atoms with Crippen LogP contribution < -0.4 is 14.8 Å². The van der Waals surface area contributed by atoms with Crippen LogP contribution in [0.5, 0.6) is 11.5 Å². The van der Waals surface area contributed by atoms with Gasteiger partial charge in [-0.25, -0.2) is 0 Å². The maximum absolute atomic E-state index is 12.2. The molecular weight excluding hydrogens is 306 g/mol. The number of anilines is 1. The van der Waals surface area contributed by atoms with Gasteiger partial charge >= 0.3 is 0 Å². The van der Waals surface area contributed by atoms with Gasteiger partial charge in [0.25, 0.3) is 5.91 Å². The van der Waals surface area contributed by atoms with Crippen LogP contribution >= 0.6 is 0 Å². The van der Waals surface area contributed by atoms with E-state index in [4.69, 9.17) is 14.2 Å². The van der Waals surface area contributed by atoms with Crippen LogP contribution in [-0.2, 0) is 4.74 Å². The Hall–Kier alpha value is -2.53. The summed E-state index contributed by atoms with van der Waals surface area (Å²) in [5.74, 6) is 1.35. The topological polar surface area (TPSA) is 56.8 Å². The largest absolute Gasteiger partial charge is 0.494 e. The van der Waals surface area contributed by atoms with Crippen molar-refractivity contribution in [1.29, 1.82) is 0 Å². The first kappa shape index (κ1) is 17.8. The Morgan fingerprint density at radius 2 is 1.46 bits per heavy atom. The third kappa shape index (κ3) is 5.59. The van der Waals surface area contributed by atoms with E-state index in [1.807, 2.05) is 12.1 Å². The third-order valence-corrected chi connectivity index (χ3v) is 3.26. The van der Waals surface area contributed by atoms with Gasteiger partial charge in [0.1, 0.15) is 18.1 Å². The quantitative estimate of drug-likeness (QED) is 0.712. The number of methoxy groups -OCH3 is 1. The number of hydrogen-bond donors (Lipinski definition) is 1. The van der Waals surface area contributed by atoms with E-state index in [2.05, 4.69) is 12.2 Å². The maximum atomic E-state index is 12.2. The van der Waals surface area contributed by atoms with Crippen LogP contribution in [0.1, 0.15) is 23.7 Å². The molecule has 2 aromatic carbocycles. The van der Waals surface area contributed by atoms with Crippen molar-refractivity contribution < 1.29 is 19.0 Å². The van der Waals surface area contributed by atoms with Crippen molar-refractivity contribution in [2.24, 2.45) is 0 Å². The first-order chi connectivity index (χ1) is 11.7. The minimum atomic E-state index is -0.162. The second-order valence-electron chi connectivity index (χ2n) is 5.19. The number of nitrogens with one attached hydrogen (secondary N) is 1. The molecule has 0 spiro atoms. The van der Waals surface area contributed by atoms with Gasteiger partial charge in [-0.1, -0.05) is 6.92 Å². The second kappa shape index (κ2) is 9.57. The molecule has 0 fully saturated rings. The summed E-state index contributed by atoms with van der Waals surface area (Å²) in [5.41, 5.74) is 1.30. The first-order valence-electron chi connectivity index (χ1n) is 7.99. The smallest absolute Gasteiger partial charge is 0.255 e. The number of carbonyl (C=O) groups is 1. The molecule has 128 valence electrons. The number of ether oxygens (including phenoxy) is 3. The van der Waals surface area contributed by atoms with Gasteiger partial charge in [-0.15, -0.1) is 0 Å². The number of amides is 1. The summed E-state index contributed by atoms with van der Waals surface area (Å²) in [5, 5.41) is 2.86. The summed E-state index contributed by atoms with van der Waals surface area (Å²) in [7, 11) is 1.63. The van der Waals surface area contributed by atoms with E-state index in [-0.39, 0.29) is 5.91 Å². The molecule has 0 aliphatic carbocycles. The summed E-state index contributed by atoms with van der Waals surface area (Å²) in [6, 6.07) is 14.3. The predicted molar refractivity (Wildman–Crippen MR) is 94.0 cm³/mol. The molecule has 0 saturated carbocycles. The van der Waals surface area contributed by atoms with Crippen LogP contribution in [0.3, 0.4) is 0 Å². The van der Waals surface area contributed by atoms with Crippen molar-refractivity contribution in [2.45, 2.75) is 13.3 Å². The van der Waals surface area contributed by atoms with Gasteiger partial charge in [0.05, 0.1) is 13.2 Å². The zero-order valence-electron chi connectivity index (χ0n) is 14.1. The van der Waals surface area contributed by atoms with E-state index in [9.17, 15) is 4.79 Å². The lowest BCUT2D eigenvalue weighted by atomic mass is 10.2. The Balaban J connectivity index is 1.89. The molecule has 1 N–H and O–H groups in total. The summed E-state index contributed by atoms with van der Waals surface area (Å²) in [6.45, 7) is 3.76. The Bertz CT molecular complexity index is 623. The highest BCUT2D eigenvalue weighted by Gasteiger charge is 2.06. The fraction of sp³-hybridized carbons (Fsp3) is 0.316. The highest BCUT2D eigenvalue weighted by Crippen LogP contribution is 2.17. The van der Waals surface area contributed by atoms with Gasteiger partial charge in [-0.05, 0) is 55.0 Å². The monoisotopic (exact) mass is 329 g/mol. The van der Waals surface area contributed by atoms with Gasteiger partial charge in [0.2, 0.25) is 0 Å². The maximum Gasteiger partial charge on any atom is 0.255 e. The fourth-order valence-electron chi connectivity index (χ4n) is 2.00. The molecule has 0 atom stereocenters. The number of benzene rings is 2. The van der Waals surface area contributed by atoms with Gasteiger partial charge in [0.15, 0.2) is 0 Å². The van der Waals surface area contributed by atoms with Crippen molar-refractivity contribution in [2.75, 3.05) is 32.2 Å². The average molecular weight is 329 g/mol. The number of carbonyl (C=O) groups excluding carboxylic acids is 1. The normalized spacial score (nSPS) is 10.2. The SMILES string of the molecule is CCCOc1ccc(C(=O)Nc2ccc(OCCOC)cc2)cc1. The van der Waals surface area contributed by atoms with Crippen LogP contribution in [0.25, 0.3) is 0 Å². The molecule has 0 aromatic heterocycles. The molecule has 1 amide bonds.